The summed E-state index contributed by atoms with van der Waals surface area (Å²) in [5.74, 6) is -4.29. The van der Waals surface area contributed by atoms with E-state index in [0.29, 0.717) is 12.8 Å². The van der Waals surface area contributed by atoms with Crippen LogP contribution in [0.4, 0.5) is 22.0 Å². The highest BCUT2D eigenvalue weighted by Gasteiger charge is 2.55. The number of carbonyl (C=O) groups excluding carboxylic acids is 1. The Hall–Kier alpha value is -1.67. The molecule has 0 unspecified atom stereocenters. The van der Waals surface area contributed by atoms with Gasteiger partial charge in [-0.2, -0.15) is 18.3 Å². The summed E-state index contributed by atoms with van der Waals surface area (Å²) in [5, 5.41) is 4.01. The van der Waals surface area contributed by atoms with Crippen molar-refractivity contribution in [1.29, 1.82) is 0 Å². The second-order valence-corrected chi connectivity index (χ2v) is 7.28. The number of esters is 1. The lowest BCUT2D eigenvalue weighted by Crippen LogP contribution is -2.47. The Morgan fingerprint density at radius 2 is 1.92 bits per heavy atom. The molecule has 0 radical (unpaired) electrons. The highest BCUT2D eigenvalue weighted by atomic mass is 19.4. The molecule has 3 rings (SSSR count). The van der Waals surface area contributed by atoms with Crippen LogP contribution in [-0.2, 0) is 17.5 Å². The molecule has 2 fully saturated rings. The lowest BCUT2D eigenvalue weighted by Gasteiger charge is -2.44. The third kappa shape index (κ3) is 3.50. The summed E-state index contributed by atoms with van der Waals surface area (Å²) in [5.41, 5.74) is -2.83. The SMILES string of the molecule is CCOC(=O)c1c(C(F)(F)F)c(C2CC2)nn1CC1(C)CC(F)(F)C1. The first-order chi connectivity index (χ1) is 11.5. The van der Waals surface area contributed by atoms with E-state index in [4.69, 9.17) is 4.74 Å². The predicted octanol–water partition coefficient (Wildman–Crippen LogP) is 4.39. The van der Waals surface area contributed by atoms with Gasteiger partial charge in [0.15, 0.2) is 5.69 Å². The van der Waals surface area contributed by atoms with Crippen molar-refractivity contribution in [3.8, 4) is 0 Å². The third-order valence-electron chi connectivity index (χ3n) is 4.60. The highest BCUT2D eigenvalue weighted by Crippen LogP contribution is 2.53. The van der Waals surface area contributed by atoms with Crippen LogP contribution in [0.5, 0.6) is 0 Å². The molecule has 1 heterocycles. The van der Waals surface area contributed by atoms with Crippen molar-refractivity contribution in [3.63, 3.8) is 0 Å². The summed E-state index contributed by atoms with van der Waals surface area (Å²) < 4.78 is 72.9. The van der Waals surface area contributed by atoms with Crippen LogP contribution < -0.4 is 0 Å². The first-order valence-corrected chi connectivity index (χ1v) is 8.19. The van der Waals surface area contributed by atoms with Crippen LogP contribution in [0.3, 0.4) is 0 Å². The Morgan fingerprint density at radius 1 is 1.32 bits per heavy atom. The summed E-state index contributed by atoms with van der Waals surface area (Å²) >= 11 is 0. The van der Waals surface area contributed by atoms with Gasteiger partial charge in [0.2, 0.25) is 5.92 Å². The second kappa shape index (κ2) is 5.67. The van der Waals surface area contributed by atoms with Crippen LogP contribution in [0.2, 0.25) is 0 Å². The summed E-state index contributed by atoms with van der Waals surface area (Å²) in [4.78, 5) is 12.2. The zero-order valence-electron chi connectivity index (χ0n) is 13.9. The lowest BCUT2D eigenvalue weighted by molar-refractivity contribution is -0.160. The van der Waals surface area contributed by atoms with Crippen molar-refractivity contribution in [2.24, 2.45) is 5.41 Å². The first-order valence-electron chi connectivity index (χ1n) is 8.19. The Bertz CT molecular complexity index is 683. The van der Waals surface area contributed by atoms with E-state index in [9.17, 15) is 26.7 Å². The van der Waals surface area contributed by atoms with E-state index in [-0.39, 0.29) is 24.8 Å². The average molecular weight is 366 g/mol. The maximum absolute atomic E-state index is 13.6. The van der Waals surface area contributed by atoms with E-state index in [0.717, 1.165) is 4.68 Å². The van der Waals surface area contributed by atoms with Gasteiger partial charge in [-0.3, -0.25) is 4.68 Å². The molecular weight excluding hydrogens is 347 g/mol. The van der Waals surface area contributed by atoms with Gasteiger partial charge in [0, 0.05) is 25.3 Å². The summed E-state index contributed by atoms with van der Waals surface area (Å²) in [6.07, 6.45) is -4.51. The summed E-state index contributed by atoms with van der Waals surface area (Å²) in [7, 11) is 0. The largest absolute Gasteiger partial charge is 0.461 e. The Labute approximate surface area is 141 Å². The molecule has 0 saturated heterocycles. The third-order valence-corrected chi connectivity index (χ3v) is 4.60. The van der Waals surface area contributed by atoms with Crippen LogP contribution in [-0.4, -0.2) is 28.3 Å². The van der Waals surface area contributed by atoms with Gasteiger partial charge in [0.05, 0.1) is 12.3 Å². The lowest BCUT2D eigenvalue weighted by atomic mass is 9.67. The molecule has 1 aromatic heterocycles. The monoisotopic (exact) mass is 366 g/mol. The molecule has 0 N–H and O–H groups in total. The van der Waals surface area contributed by atoms with E-state index in [1.807, 2.05) is 0 Å². The first kappa shape index (κ1) is 18.1. The van der Waals surface area contributed by atoms with Crippen molar-refractivity contribution >= 4 is 5.97 Å². The summed E-state index contributed by atoms with van der Waals surface area (Å²) in [6, 6.07) is 0. The average Bonchev–Trinajstić information content (AvgIpc) is 3.17. The van der Waals surface area contributed by atoms with Crippen molar-refractivity contribution in [2.75, 3.05) is 6.61 Å². The zero-order valence-corrected chi connectivity index (χ0v) is 13.9. The molecule has 0 spiro atoms. The van der Waals surface area contributed by atoms with Crippen LogP contribution >= 0.6 is 0 Å². The van der Waals surface area contributed by atoms with E-state index >= 15 is 0 Å². The van der Waals surface area contributed by atoms with Crippen LogP contribution in [0.1, 0.15) is 67.2 Å². The number of nitrogens with zero attached hydrogens (tertiary/aromatic N) is 2. The molecule has 0 amide bonds. The number of carbonyl (C=O) groups is 1. The van der Waals surface area contributed by atoms with Crippen LogP contribution in [0.15, 0.2) is 0 Å². The van der Waals surface area contributed by atoms with E-state index in [1.165, 1.54) is 6.92 Å². The fourth-order valence-electron chi connectivity index (χ4n) is 3.59. The highest BCUT2D eigenvalue weighted by molar-refractivity contribution is 5.90. The molecule has 0 aliphatic heterocycles. The van der Waals surface area contributed by atoms with Crippen molar-refractivity contribution in [1.82, 2.24) is 9.78 Å². The Morgan fingerprint density at radius 3 is 2.36 bits per heavy atom. The molecule has 140 valence electrons. The molecule has 0 aromatic carbocycles. The quantitative estimate of drug-likeness (QED) is 0.573. The standard InChI is InChI=1S/C16H19F5N2O2/c1-3-25-13(24)12-10(16(19,20)21)11(9-4-5-9)22-23(12)8-14(2)6-15(17,18)7-14/h9H,3-8H2,1-2H3. The minimum atomic E-state index is -4.76. The number of rotatable bonds is 5. The topological polar surface area (TPSA) is 44.1 Å². The van der Waals surface area contributed by atoms with Gasteiger partial charge in [-0.1, -0.05) is 6.92 Å². The van der Waals surface area contributed by atoms with E-state index < -0.39 is 47.6 Å². The van der Waals surface area contributed by atoms with Gasteiger partial charge >= 0.3 is 12.1 Å². The number of alkyl halides is 5. The fraction of sp³-hybridized carbons (Fsp3) is 0.750. The maximum Gasteiger partial charge on any atom is 0.420 e. The number of hydrogen-bond acceptors (Lipinski definition) is 3. The maximum atomic E-state index is 13.6. The molecular formula is C16H19F5N2O2. The van der Waals surface area contributed by atoms with Gasteiger partial charge in [-0.05, 0) is 25.2 Å². The Kier molecular flexibility index (Phi) is 4.11. The summed E-state index contributed by atoms with van der Waals surface area (Å²) in [6.45, 7) is 2.79. The minimum Gasteiger partial charge on any atom is -0.461 e. The predicted molar refractivity (Wildman–Crippen MR) is 77.4 cm³/mol. The van der Waals surface area contributed by atoms with Crippen molar-refractivity contribution < 1.29 is 31.5 Å². The number of ether oxygens (including phenoxy) is 1. The van der Waals surface area contributed by atoms with E-state index in [1.54, 1.807) is 6.92 Å². The van der Waals surface area contributed by atoms with Crippen molar-refractivity contribution in [3.05, 3.63) is 17.0 Å². The number of halogens is 5. The normalized spacial score (nSPS) is 21.7. The molecule has 2 aliphatic carbocycles. The molecule has 9 heteroatoms. The molecule has 0 bridgehead atoms. The number of aromatic nitrogens is 2. The molecule has 2 saturated carbocycles. The van der Waals surface area contributed by atoms with Crippen LogP contribution in [0.25, 0.3) is 0 Å². The van der Waals surface area contributed by atoms with Gasteiger partial charge in [-0.25, -0.2) is 13.6 Å². The Balaban J connectivity index is 2.03. The van der Waals surface area contributed by atoms with Gasteiger partial charge in [0.25, 0.3) is 0 Å². The molecule has 4 nitrogen and oxygen atoms in total. The van der Waals surface area contributed by atoms with Crippen LogP contribution in [0, 0.1) is 5.41 Å². The molecule has 25 heavy (non-hydrogen) atoms. The minimum absolute atomic E-state index is 0.0879. The van der Waals surface area contributed by atoms with E-state index in [2.05, 4.69) is 5.10 Å². The molecule has 2 aliphatic rings. The number of hydrogen-bond donors (Lipinski definition) is 0. The fourth-order valence-corrected chi connectivity index (χ4v) is 3.59. The smallest absolute Gasteiger partial charge is 0.420 e. The second-order valence-electron chi connectivity index (χ2n) is 7.28. The van der Waals surface area contributed by atoms with Gasteiger partial charge in [0.1, 0.15) is 5.56 Å². The van der Waals surface area contributed by atoms with Gasteiger partial charge < -0.3 is 4.74 Å². The van der Waals surface area contributed by atoms with Crippen molar-refractivity contribution in [2.45, 2.75) is 64.1 Å². The molecule has 1 aromatic rings. The van der Waals surface area contributed by atoms with Gasteiger partial charge in [-0.15, -0.1) is 0 Å². The molecule has 0 atom stereocenters. The zero-order chi connectivity index (χ0) is 18.6.